The Morgan fingerprint density at radius 2 is 1.90 bits per heavy atom. The van der Waals surface area contributed by atoms with Gasteiger partial charge in [-0.15, -0.1) is 0 Å². The maximum atomic E-state index is 12.6. The molecule has 0 fully saturated rings. The highest BCUT2D eigenvalue weighted by molar-refractivity contribution is 7.98. The zero-order valence-electron chi connectivity index (χ0n) is 15.8. The summed E-state index contributed by atoms with van der Waals surface area (Å²) in [6, 6.07) is 10.3. The van der Waals surface area contributed by atoms with Crippen molar-refractivity contribution in [1.82, 2.24) is 9.29 Å². The number of nitrogens with zero attached hydrogens (tertiary/aromatic N) is 1. The summed E-state index contributed by atoms with van der Waals surface area (Å²) in [7, 11) is -3.64. The van der Waals surface area contributed by atoms with Crippen LogP contribution in [0.5, 0.6) is 0 Å². The summed E-state index contributed by atoms with van der Waals surface area (Å²) in [6.07, 6.45) is 0. The molecule has 1 aromatic heterocycles. The lowest BCUT2D eigenvalue weighted by molar-refractivity contribution is 0.584. The van der Waals surface area contributed by atoms with Gasteiger partial charge in [-0.25, -0.2) is 13.1 Å². The molecule has 5 nitrogen and oxygen atoms in total. The summed E-state index contributed by atoms with van der Waals surface area (Å²) in [5.41, 5.74) is 1.79. The first-order valence-electron chi connectivity index (χ1n) is 8.85. The number of nitrogens with one attached hydrogen (secondary N) is 1. The molecule has 0 aliphatic rings. The van der Waals surface area contributed by atoms with Crippen molar-refractivity contribution in [3.8, 4) is 0 Å². The third kappa shape index (κ3) is 5.37. The van der Waals surface area contributed by atoms with E-state index < -0.39 is 10.0 Å². The minimum absolute atomic E-state index is 0.0179. The van der Waals surface area contributed by atoms with Gasteiger partial charge in [-0.3, -0.25) is 9.36 Å². The number of benzene rings is 2. The Hall–Kier alpha value is -1.03. The molecule has 156 valence electrons. The number of hydrogen-bond donors (Lipinski definition) is 1. The number of halogens is 2. The van der Waals surface area contributed by atoms with Gasteiger partial charge in [-0.2, -0.15) is 11.8 Å². The minimum Gasteiger partial charge on any atom is -0.296 e. The zero-order chi connectivity index (χ0) is 21.2. The lowest BCUT2D eigenvalue weighted by Gasteiger charge is -2.09. The number of hydrogen-bond acceptors (Lipinski definition) is 5. The molecule has 3 aromatic rings. The van der Waals surface area contributed by atoms with E-state index in [1.54, 1.807) is 40.6 Å². The lowest BCUT2D eigenvalue weighted by atomic mass is 10.2. The molecule has 0 saturated carbocycles. The van der Waals surface area contributed by atoms with Crippen LogP contribution >= 0.6 is 46.3 Å². The van der Waals surface area contributed by atoms with Crippen molar-refractivity contribution < 1.29 is 8.42 Å². The molecule has 0 unspecified atom stereocenters. The number of sulfonamides is 1. The Bertz CT molecular complexity index is 1190. The van der Waals surface area contributed by atoms with Crippen molar-refractivity contribution in [3.05, 3.63) is 61.7 Å². The maximum Gasteiger partial charge on any atom is 0.308 e. The van der Waals surface area contributed by atoms with Crippen LogP contribution in [0.4, 0.5) is 0 Å². The van der Waals surface area contributed by atoms with Crippen LogP contribution in [0.1, 0.15) is 25.5 Å². The Labute approximate surface area is 188 Å². The minimum atomic E-state index is -3.64. The van der Waals surface area contributed by atoms with Gasteiger partial charge >= 0.3 is 4.87 Å². The van der Waals surface area contributed by atoms with Crippen molar-refractivity contribution in [2.24, 2.45) is 0 Å². The van der Waals surface area contributed by atoms with Crippen LogP contribution in [-0.4, -0.2) is 25.3 Å². The summed E-state index contributed by atoms with van der Waals surface area (Å²) in [6.45, 7) is 4.15. The molecule has 2 aromatic carbocycles. The predicted molar refractivity (Wildman–Crippen MR) is 124 cm³/mol. The van der Waals surface area contributed by atoms with E-state index in [4.69, 9.17) is 23.2 Å². The molecular weight excluding hydrogens is 471 g/mol. The average Bonchev–Trinajstić information content (AvgIpc) is 2.99. The summed E-state index contributed by atoms with van der Waals surface area (Å²) >= 11 is 14.6. The van der Waals surface area contributed by atoms with Gasteiger partial charge < -0.3 is 0 Å². The van der Waals surface area contributed by atoms with Gasteiger partial charge in [-0.05, 0) is 49.7 Å². The van der Waals surface area contributed by atoms with E-state index >= 15 is 0 Å². The SMILES string of the molecule is CC(C)n1c(=O)sc2cc(S(=O)(=O)NCCSCc3ccc(Cl)c(Cl)c3)ccc21. The molecule has 3 rings (SSSR count). The maximum absolute atomic E-state index is 12.6. The molecular formula is C19H20Cl2N2O3S3. The first kappa shape index (κ1) is 22.7. The van der Waals surface area contributed by atoms with Gasteiger partial charge in [0, 0.05) is 24.1 Å². The highest BCUT2D eigenvalue weighted by atomic mass is 35.5. The van der Waals surface area contributed by atoms with Crippen LogP contribution in [0.3, 0.4) is 0 Å². The van der Waals surface area contributed by atoms with Gasteiger partial charge in [0.1, 0.15) is 0 Å². The normalized spacial score (nSPS) is 12.2. The largest absolute Gasteiger partial charge is 0.308 e. The molecule has 0 atom stereocenters. The highest BCUT2D eigenvalue weighted by Gasteiger charge is 2.17. The molecule has 1 N–H and O–H groups in total. The number of rotatable bonds is 8. The van der Waals surface area contributed by atoms with E-state index in [2.05, 4.69) is 4.72 Å². The predicted octanol–water partition coefficient (Wildman–Crippen LogP) is 5.16. The van der Waals surface area contributed by atoms with Crippen molar-refractivity contribution in [2.45, 2.75) is 30.5 Å². The van der Waals surface area contributed by atoms with Crippen molar-refractivity contribution in [2.75, 3.05) is 12.3 Å². The van der Waals surface area contributed by atoms with Crippen LogP contribution in [0.15, 0.2) is 46.1 Å². The topological polar surface area (TPSA) is 68.2 Å². The first-order valence-corrected chi connectivity index (χ1v) is 13.1. The molecule has 0 bridgehead atoms. The van der Waals surface area contributed by atoms with Crippen LogP contribution < -0.4 is 9.60 Å². The Balaban J connectivity index is 1.60. The monoisotopic (exact) mass is 490 g/mol. The molecule has 0 saturated heterocycles. The molecule has 29 heavy (non-hydrogen) atoms. The number of thiazole rings is 1. The van der Waals surface area contributed by atoms with Crippen molar-refractivity contribution in [3.63, 3.8) is 0 Å². The van der Waals surface area contributed by atoms with Crippen LogP contribution in [0, 0.1) is 0 Å². The van der Waals surface area contributed by atoms with Gasteiger partial charge in [0.05, 0.1) is 25.2 Å². The third-order valence-electron chi connectivity index (χ3n) is 4.20. The summed E-state index contributed by atoms with van der Waals surface area (Å²) in [5.74, 6) is 1.32. The van der Waals surface area contributed by atoms with Crippen molar-refractivity contribution >= 4 is 66.5 Å². The summed E-state index contributed by atoms with van der Waals surface area (Å²) in [5, 5.41) is 1.02. The fourth-order valence-corrected chi connectivity index (χ4v) is 6.26. The third-order valence-corrected chi connectivity index (χ3v) is 8.35. The second-order valence-electron chi connectivity index (χ2n) is 6.66. The highest BCUT2D eigenvalue weighted by Crippen LogP contribution is 2.25. The number of aromatic nitrogens is 1. The van der Waals surface area contributed by atoms with E-state index in [0.717, 1.165) is 22.4 Å². The van der Waals surface area contributed by atoms with Crippen LogP contribution in [0.25, 0.3) is 10.2 Å². The van der Waals surface area contributed by atoms with E-state index in [-0.39, 0.29) is 15.8 Å². The first-order chi connectivity index (χ1) is 13.7. The molecule has 0 spiro atoms. The smallest absolute Gasteiger partial charge is 0.296 e. The fraction of sp³-hybridized carbons (Fsp3) is 0.316. The van der Waals surface area contributed by atoms with Gasteiger partial charge in [0.2, 0.25) is 10.0 Å². The molecule has 0 amide bonds. The van der Waals surface area contributed by atoms with E-state index in [1.165, 1.54) is 0 Å². The van der Waals surface area contributed by atoms with E-state index in [1.807, 2.05) is 26.0 Å². The van der Waals surface area contributed by atoms with Crippen LogP contribution in [-0.2, 0) is 15.8 Å². The molecule has 1 heterocycles. The zero-order valence-corrected chi connectivity index (χ0v) is 19.8. The van der Waals surface area contributed by atoms with Gasteiger partial charge in [0.15, 0.2) is 0 Å². The Kier molecular flexibility index (Phi) is 7.35. The second kappa shape index (κ2) is 9.41. The Morgan fingerprint density at radius 1 is 1.14 bits per heavy atom. The summed E-state index contributed by atoms with van der Waals surface area (Å²) in [4.78, 5) is 12.2. The molecule has 0 aliphatic heterocycles. The molecule has 0 aliphatic carbocycles. The standard InChI is InChI=1S/C19H20Cl2N2O3S3/c1-12(2)23-17-6-4-14(10-18(17)28-19(23)24)29(25,26)22-7-8-27-11-13-3-5-15(20)16(21)9-13/h3-6,9-10,12,22H,7-8,11H2,1-2H3. The summed E-state index contributed by atoms with van der Waals surface area (Å²) < 4.78 is 30.1. The molecule has 0 radical (unpaired) electrons. The fourth-order valence-electron chi connectivity index (χ4n) is 2.82. The van der Waals surface area contributed by atoms with Crippen LogP contribution in [0.2, 0.25) is 10.0 Å². The average molecular weight is 491 g/mol. The molecule has 10 heteroatoms. The second-order valence-corrected chi connectivity index (χ2v) is 11.3. The van der Waals surface area contributed by atoms with Crippen molar-refractivity contribution in [1.29, 1.82) is 0 Å². The number of fused-ring (bicyclic) bond motifs is 1. The van der Waals surface area contributed by atoms with E-state index in [9.17, 15) is 13.2 Å². The quantitative estimate of drug-likeness (QED) is 0.442. The van der Waals surface area contributed by atoms with Gasteiger partial charge in [-0.1, -0.05) is 40.6 Å². The Morgan fingerprint density at radius 3 is 2.59 bits per heavy atom. The van der Waals surface area contributed by atoms with E-state index in [0.29, 0.717) is 32.8 Å². The van der Waals surface area contributed by atoms with Gasteiger partial charge in [0.25, 0.3) is 0 Å². The number of thioether (sulfide) groups is 1. The lowest BCUT2D eigenvalue weighted by Crippen LogP contribution is -2.26.